The third-order valence-corrected chi connectivity index (χ3v) is 3.91. The van der Waals surface area contributed by atoms with Crippen LogP contribution in [0.1, 0.15) is 23.3 Å². The molecule has 3 heterocycles. The number of carbonyl (C=O) groups is 1. The number of carbonyl (C=O) groups excluding carboxylic acids is 1. The summed E-state index contributed by atoms with van der Waals surface area (Å²) in [6.45, 7) is 0. The van der Waals surface area contributed by atoms with Crippen molar-refractivity contribution in [2.75, 3.05) is 10.6 Å². The minimum Gasteiger partial charge on any atom is -0.379 e. The molecule has 1 amide bonds. The van der Waals surface area contributed by atoms with Gasteiger partial charge in [0, 0.05) is 12.2 Å². The molecule has 7 nitrogen and oxygen atoms in total. The minimum atomic E-state index is -0.639. The predicted molar refractivity (Wildman–Crippen MR) is 86.8 cm³/mol. The van der Waals surface area contributed by atoms with Gasteiger partial charge in [0.2, 0.25) is 0 Å². The van der Waals surface area contributed by atoms with E-state index >= 15 is 0 Å². The molecule has 24 heavy (non-hydrogen) atoms. The van der Waals surface area contributed by atoms with Gasteiger partial charge in [0.1, 0.15) is 0 Å². The van der Waals surface area contributed by atoms with E-state index in [4.69, 9.17) is 11.6 Å². The van der Waals surface area contributed by atoms with Gasteiger partial charge < -0.3 is 10.6 Å². The van der Waals surface area contributed by atoms with Crippen LogP contribution in [0.2, 0.25) is 5.15 Å². The maximum Gasteiger partial charge on any atom is 0.277 e. The number of pyridine rings is 1. The number of halogens is 2. The first kappa shape index (κ1) is 14.8. The Hall–Kier alpha value is -2.74. The zero-order chi connectivity index (χ0) is 16.7. The molecule has 1 aliphatic rings. The second-order valence-electron chi connectivity index (χ2n) is 5.46. The number of fused-ring (bicyclic) bond motifs is 1. The molecule has 4 rings (SSSR count). The Morgan fingerprint density at radius 2 is 2.08 bits per heavy atom. The topological polar surface area (TPSA) is 84.2 Å². The summed E-state index contributed by atoms with van der Waals surface area (Å²) < 4.78 is 15.0. The molecule has 1 saturated carbocycles. The van der Waals surface area contributed by atoms with Gasteiger partial charge in [-0.2, -0.15) is 5.10 Å². The number of imidazole rings is 1. The summed E-state index contributed by atoms with van der Waals surface area (Å²) in [5.41, 5.74) is 1.26. The molecule has 0 unspecified atom stereocenters. The van der Waals surface area contributed by atoms with E-state index in [1.807, 2.05) is 0 Å². The van der Waals surface area contributed by atoms with Crippen molar-refractivity contribution in [1.29, 1.82) is 0 Å². The largest absolute Gasteiger partial charge is 0.379 e. The van der Waals surface area contributed by atoms with Crippen molar-refractivity contribution in [3.8, 4) is 0 Å². The SMILES string of the molecule is O=C(Nc1ccncc1F)c1c(Cl)nc2c(NC3CC3)ccnn12. The van der Waals surface area contributed by atoms with Crippen LogP contribution in [-0.4, -0.2) is 31.5 Å². The molecule has 0 saturated heterocycles. The Kier molecular flexibility index (Phi) is 3.53. The van der Waals surface area contributed by atoms with Crippen LogP contribution >= 0.6 is 11.6 Å². The van der Waals surface area contributed by atoms with Gasteiger partial charge in [0.05, 0.1) is 23.8 Å². The zero-order valence-electron chi connectivity index (χ0n) is 12.3. The normalized spacial score (nSPS) is 13.9. The number of nitrogens with one attached hydrogen (secondary N) is 2. The summed E-state index contributed by atoms with van der Waals surface area (Å²) in [5.74, 6) is -1.24. The lowest BCUT2D eigenvalue weighted by molar-refractivity contribution is 0.102. The molecule has 3 aromatic heterocycles. The van der Waals surface area contributed by atoms with Crippen molar-refractivity contribution < 1.29 is 9.18 Å². The molecule has 1 fully saturated rings. The van der Waals surface area contributed by atoms with Crippen molar-refractivity contribution >= 4 is 34.5 Å². The smallest absolute Gasteiger partial charge is 0.277 e. The Bertz CT molecular complexity index is 939. The number of rotatable bonds is 4. The second-order valence-corrected chi connectivity index (χ2v) is 5.82. The van der Waals surface area contributed by atoms with Crippen LogP contribution in [-0.2, 0) is 0 Å². The van der Waals surface area contributed by atoms with Crippen molar-refractivity contribution in [1.82, 2.24) is 19.6 Å². The third-order valence-electron chi connectivity index (χ3n) is 3.65. The first-order valence-corrected chi connectivity index (χ1v) is 7.72. The first-order chi connectivity index (χ1) is 11.6. The van der Waals surface area contributed by atoms with E-state index in [1.54, 1.807) is 12.3 Å². The van der Waals surface area contributed by atoms with E-state index in [-0.39, 0.29) is 16.5 Å². The van der Waals surface area contributed by atoms with Crippen LogP contribution in [0, 0.1) is 5.82 Å². The molecular weight excluding hydrogens is 335 g/mol. The van der Waals surface area contributed by atoms with Crippen molar-refractivity contribution in [3.63, 3.8) is 0 Å². The summed E-state index contributed by atoms with van der Waals surface area (Å²) in [6.07, 6.45) is 6.14. The van der Waals surface area contributed by atoms with Crippen LogP contribution in [0.3, 0.4) is 0 Å². The fraction of sp³-hybridized carbons (Fsp3) is 0.200. The molecule has 0 radical (unpaired) electrons. The summed E-state index contributed by atoms with van der Waals surface area (Å²) in [6, 6.07) is 3.55. The van der Waals surface area contributed by atoms with Crippen LogP contribution < -0.4 is 10.6 Å². The Morgan fingerprint density at radius 1 is 1.29 bits per heavy atom. The quantitative estimate of drug-likeness (QED) is 0.758. The summed E-state index contributed by atoms with van der Waals surface area (Å²) in [5, 5.41) is 9.91. The Labute approximate surface area is 140 Å². The third kappa shape index (κ3) is 2.65. The number of aromatic nitrogens is 4. The van der Waals surface area contributed by atoms with Gasteiger partial charge in [0.25, 0.3) is 5.91 Å². The standard InChI is InChI=1S/C15H12ClFN6O/c16-13-12(15(24)21-10-3-5-18-7-9(10)17)23-14(22-13)11(4-6-19-23)20-8-1-2-8/h3-8,20H,1-2H2,(H,18,21,24). The molecule has 0 aromatic carbocycles. The lowest BCUT2D eigenvalue weighted by atomic mass is 10.3. The van der Waals surface area contributed by atoms with Crippen LogP contribution in [0.25, 0.3) is 5.65 Å². The highest BCUT2D eigenvalue weighted by atomic mass is 35.5. The van der Waals surface area contributed by atoms with E-state index < -0.39 is 11.7 Å². The average Bonchev–Trinajstić information content (AvgIpc) is 3.30. The molecule has 0 bridgehead atoms. The molecule has 0 atom stereocenters. The average molecular weight is 347 g/mol. The molecular formula is C15H12ClFN6O. The molecule has 0 aliphatic heterocycles. The van der Waals surface area contributed by atoms with Crippen LogP contribution in [0.4, 0.5) is 15.8 Å². The van der Waals surface area contributed by atoms with Gasteiger partial charge in [-0.3, -0.25) is 9.78 Å². The van der Waals surface area contributed by atoms with E-state index in [9.17, 15) is 9.18 Å². The van der Waals surface area contributed by atoms with E-state index in [2.05, 4.69) is 25.7 Å². The maximum absolute atomic E-state index is 13.7. The van der Waals surface area contributed by atoms with E-state index in [1.165, 1.54) is 16.8 Å². The fourth-order valence-electron chi connectivity index (χ4n) is 2.33. The monoisotopic (exact) mass is 346 g/mol. The predicted octanol–water partition coefficient (Wildman–Crippen LogP) is 2.74. The van der Waals surface area contributed by atoms with E-state index in [0.717, 1.165) is 24.7 Å². The Balaban J connectivity index is 1.72. The van der Waals surface area contributed by atoms with Gasteiger partial charge in [-0.1, -0.05) is 11.6 Å². The highest BCUT2D eigenvalue weighted by molar-refractivity contribution is 6.33. The van der Waals surface area contributed by atoms with Crippen LogP contribution in [0.15, 0.2) is 30.7 Å². The number of amides is 1. The van der Waals surface area contributed by atoms with Gasteiger partial charge in [-0.05, 0) is 25.0 Å². The zero-order valence-corrected chi connectivity index (χ0v) is 13.1. The minimum absolute atomic E-state index is 0.000453. The highest BCUT2D eigenvalue weighted by Gasteiger charge is 2.25. The fourth-order valence-corrected chi connectivity index (χ4v) is 2.58. The van der Waals surface area contributed by atoms with Crippen molar-refractivity contribution in [2.45, 2.75) is 18.9 Å². The number of anilines is 2. The second kappa shape index (κ2) is 5.72. The first-order valence-electron chi connectivity index (χ1n) is 7.34. The van der Waals surface area contributed by atoms with Crippen molar-refractivity contribution in [2.24, 2.45) is 0 Å². The molecule has 9 heteroatoms. The lowest BCUT2D eigenvalue weighted by Crippen LogP contribution is -2.17. The molecule has 0 spiro atoms. The number of hydrogen-bond donors (Lipinski definition) is 2. The number of hydrogen-bond acceptors (Lipinski definition) is 5. The van der Waals surface area contributed by atoms with Crippen LogP contribution in [0.5, 0.6) is 0 Å². The lowest BCUT2D eigenvalue weighted by Gasteiger charge is -2.07. The summed E-state index contributed by atoms with van der Waals surface area (Å²) in [4.78, 5) is 20.4. The van der Waals surface area contributed by atoms with Gasteiger partial charge in [-0.25, -0.2) is 13.9 Å². The summed E-state index contributed by atoms with van der Waals surface area (Å²) >= 11 is 6.13. The van der Waals surface area contributed by atoms with E-state index in [0.29, 0.717) is 11.7 Å². The highest BCUT2D eigenvalue weighted by Crippen LogP contribution is 2.28. The summed E-state index contributed by atoms with van der Waals surface area (Å²) in [7, 11) is 0. The number of nitrogens with zero attached hydrogens (tertiary/aromatic N) is 4. The van der Waals surface area contributed by atoms with Gasteiger partial charge >= 0.3 is 0 Å². The Morgan fingerprint density at radius 3 is 2.83 bits per heavy atom. The molecule has 122 valence electrons. The molecule has 2 N–H and O–H groups in total. The van der Waals surface area contributed by atoms with Gasteiger partial charge in [-0.15, -0.1) is 0 Å². The van der Waals surface area contributed by atoms with Crippen molar-refractivity contribution in [3.05, 3.63) is 47.4 Å². The van der Waals surface area contributed by atoms with Gasteiger partial charge in [0.15, 0.2) is 22.3 Å². The molecule has 1 aliphatic carbocycles. The molecule has 3 aromatic rings. The maximum atomic E-state index is 13.7.